The topological polar surface area (TPSA) is 44.8 Å². The Labute approximate surface area is 102 Å². The van der Waals surface area contributed by atoms with E-state index in [1.54, 1.807) is 0 Å². The molecule has 0 saturated carbocycles. The Hall–Kier alpha value is -1.58. The van der Waals surface area contributed by atoms with Crippen molar-refractivity contribution in [1.82, 2.24) is 15.0 Å². The number of nitrogens with one attached hydrogen (secondary N) is 1. The summed E-state index contributed by atoms with van der Waals surface area (Å²) in [5.41, 5.74) is 0.933. The van der Waals surface area contributed by atoms with Crippen molar-refractivity contribution in [3.8, 4) is 0 Å². The van der Waals surface area contributed by atoms with Crippen LogP contribution < -0.4 is 4.90 Å². The standard InChI is InChI=1S/C13H20N4/c1-9(2)5-6-11-15-12-10(7-8-14-12)13(16-11)17(3)4/h7-9H,5-6H2,1-4H3,(H,14,15,16). The molecule has 2 aromatic heterocycles. The van der Waals surface area contributed by atoms with Crippen LogP contribution in [0.3, 0.4) is 0 Å². The molecule has 1 N–H and O–H groups in total. The first-order valence-electron chi connectivity index (χ1n) is 6.09. The predicted molar refractivity (Wildman–Crippen MR) is 71.4 cm³/mol. The van der Waals surface area contributed by atoms with Gasteiger partial charge in [0.05, 0.1) is 5.39 Å². The Bertz CT molecular complexity index is 499. The van der Waals surface area contributed by atoms with E-state index in [0.717, 1.165) is 35.5 Å². The van der Waals surface area contributed by atoms with Crippen LogP contribution in [-0.2, 0) is 6.42 Å². The molecule has 4 heteroatoms. The third kappa shape index (κ3) is 2.57. The number of hydrogen-bond donors (Lipinski definition) is 1. The SMILES string of the molecule is CC(C)CCc1nc(N(C)C)c2cc[nH]c2n1. The average Bonchev–Trinajstić information content (AvgIpc) is 2.72. The molecule has 0 aromatic carbocycles. The van der Waals surface area contributed by atoms with Crippen molar-refractivity contribution in [3.63, 3.8) is 0 Å². The molecule has 0 unspecified atom stereocenters. The number of anilines is 1. The molecule has 92 valence electrons. The highest BCUT2D eigenvalue weighted by Gasteiger charge is 2.10. The summed E-state index contributed by atoms with van der Waals surface area (Å²) in [5, 5.41) is 1.09. The second-order valence-electron chi connectivity index (χ2n) is 5.03. The lowest BCUT2D eigenvalue weighted by atomic mass is 10.1. The molecule has 2 aromatic rings. The number of nitrogens with zero attached hydrogens (tertiary/aromatic N) is 3. The Morgan fingerprint density at radius 3 is 2.71 bits per heavy atom. The van der Waals surface area contributed by atoms with E-state index in [2.05, 4.69) is 28.8 Å². The fourth-order valence-corrected chi connectivity index (χ4v) is 1.84. The van der Waals surface area contributed by atoms with Crippen LogP contribution in [0.2, 0.25) is 0 Å². The van der Waals surface area contributed by atoms with Crippen molar-refractivity contribution in [2.75, 3.05) is 19.0 Å². The van der Waals surface area contributed by atoms with Crippen molar-refractivity contribution >= 4 is 16.9 Å². The zero-order chi connectivity index (χ0) is 12.4. The lowest BCUT2D eigenvalue weighted by molar-refractivity contribution is 0.575. The molecule has 2 heterocycles. The Kier molecular flexibility index (Phi) is 3.31. The van der Waals surface area contributed by atoms with Gasteiger partial charge in [0.15, 0.2) is 0 Å². The molecule has 17 heavy (non-hydrogen) atoms. The van der Waals surface area contributed by atoms with Gasteiger partial charge in [0, 0.05) is 26.7 Å². The van der Waals surface area contributed by atoms with Crippen molar-refractivity contribution in [2.24, 2.45) is 5.92 Å². The molecule has 0 aliphatic heterocycles. The third-order valence-corrected chi connectivity index (χ3v) is 2.81. The monoisotopic (exact) mass is 232 g/mol. The Morgan fingerprint density at radius 1 is 1.29 bits per heavy atom. The maximum Gasteiger partial charge on any atom is 0.143 e. The maximum absolute atomic E-state index is 4.64. The molecule has 4 nitrogen and oxygen atoms in total. The molecule has 0 atom stereocenters. The van der Waals surface area contributed by atoms with Gasteiger partial charge >= 0.3 is 0 Å². The van der Waals surface area contributed by atoms with Gasteiger partial charge in [-0.05, 0) is 18.4 Å². The zero-order valence-corrected chi connectivity index (χ0v) is 11.0. The highest BCUT2D eigenvalue weighted by molar-refractivity contribution is 5.87. The van der Waals surface area contributed by atoms with Gasteiger partial charge in [-0.1, -0.05) is 13.8 Å². The molecule has 0 aliphatic rings. The molecule has 0 fully saturated rings. The van der Waals surface area contributed by atoms with Crippen LogP contribution >= 0.6 is 0 Å². The minimum Gasteiger partial charge on any atom is -0.362 e. The predicted octanol–water partition coefficient (Wildman–Crippen LogP) is 2.61. The molecule has 0 spiro atoms. The third-order valence-electron chi connectivity index (χ3n) is 2.81. The summed E-state index contributed by atoms with van der Waals surface area (Å²) >= 11 is 0. The van der Waals surface area contributed by atoms with Crippen LogP contribution in [0.15, 0.2) is 12.3 Å². The molecular formula is C13H20N4. The molecule has 0 radical (unpaired) electrons. The number of aromatic nitrogens is 3. The van der Waals surface area contributed by atoms with Crippen LogP contribution in [0.25, 0.3) is 11.0 Å². The number of aryl methyl sites for hydroxylation is 1. The molecule has 2 rings (SSSR count). The van der Waals surface area contributed by atoms with Crippen LogP contribution in [0, 0.1) is 5.92 Å². The van der Waals surface area contributed by atoms with Gasteiger partial charge < -0.3 is 9.88 Å². The first-order chi connectivity index (χ1) is 8.08. The second-order valence-corrected chi connectivity index (χ2v) is 5.03. The van der Waals surface area contributed by atoms with Gasteiger partial charge in [-0.15, -0.1) is 0 Å². The number of fused-ring (bicyclic) bond motifs is 1. The van der Waals surface area contributed by atoms with E-state index < -0.39 is 0 Å². The van der Waals surface area contributed by atoms with Gasteiger partial charge in [0.1, 0.15) is 17.3 Å². The van der Waals surface area contributed by atoms with E-state index in [4.69, 9.17) is 0 Å². The summed E-state index contributed by atoms with van der Waals surface area (Å²) < 4.78 is 0. The minimum absolute atomic E-state index is 0.681. The van der Waals surface area contributed by atoms with Crippen LogP contribution in [0.5, 0.6) is 0 Å². The smallest absolute Gasteiger partial charge is 0.143 e. The van der Waals surface area contributed by atoms with E-state index in [0.29, 0.717) is 5.92 Å². The molecule has 0 amide bonds. The van der Waals surface area contributed by atoms with Gasteiger partial charge in [-0.25, -0.2) is 9.97 Å². The number of rotatable bonds is 4. The van der Waals surface area contributed by atoms with Crippen molar-refractivity contribution in [1.29, 1.82) is 0 Å². The largest absolute Gasteiger partial charge is 0.362 e. The van der Waals surface area contributed by atoms with Crippen LogP contribution in [0.1, 0.15) is 26.1 Å². The van der Waals surface area contributed by atoms with Gasteiger partial charge in [0.2, 0.25) is 0 Å². The first-order valence-corrected chi connectivity index (χ1v) is 6.09. The summed E-state index contributed by atoms with van der Waals surface area (Å²) in [6.45, 7) is 4.44. The highest BCUT2D eigenvalue weighted by atomic mass is 15.2. The zero-order valence-electron chi connectivity index (χ0n) is 11.0. The van der Waals surface area contributed by atoms with E-state index >= 15 is 0 Å². The van der Waals surface area contributed by atoms with Crippen LogP contribution in [-0.4, -0.2) is 29.0 Å². The molecular weight excluding hydrogens is 212 g/mol. The van der Waals surface area contributed by atoms with Crippen molar-refractivity contribution in [3.05, 3.63) is 18.1 Å². The summed E-state index contributed by atoms with van der Waals surface area (Å²) in [4.78, 5) is 14.4. The molecule has 0 bridgehead atoms. The van der Waals surface area contributed by atoms with Crippen LogP contribution in [0.4, 0.5) is 5.82 Å². The van der Waals surface area contributed by atoms with Gasteiger partial charge in [0.25, 0.3) is 0 Å². The Balaban J connectivity index is 2.37. The fraction of sp³-hybridized carbons (Fsp3) is 0.538. The highest BCUT2D eigenvalue weighted by Crippen LogP contribution is 2.22. The molecule has 0 saturated heterocycles. The van der Waals surface area contributed by atoms with E-state index in [1.807, 2.05) is 31.3 Å². The lowest BCUT2D eigenvalue weighted by Crippen LogP contribution is -2.13. The van der Waals surface area contributed by atoms with E-state index in [9.17, 15) is 0 Å². The first kappa shape index (κ1) is 11.9. The summed E-state index contributed by atoms with van der Waals surface area (Å²) in [7, 11) is 4.03. The quantitative estimate of drug-likeness (QED) is 0.881. The minimum atomic E-state index is 0.681. The van der Waals surface area contributed by atoms with Crippen molar-refractivity contribution in [2.45, 2.75) is 26.7 Å². The molecule has 0 aliphatic carbocycles. The fourth-order valence-electron chi connectivity index (χ4n) is 1.84. The number of H-pyrrole nitrogens is 1. The summed E-state index contributed by atoms with van der Waals surface area (Å²) in [6, 6.07) is 2.02. The summed E-state index contributed by atoms with van der Waals surface area (Å²) in [6.07, 6.45) is 3.98. The summed E-state index contributed by atoms with van der Waals surface area (Å²) in [5.74, 6) is 2.60. The second kappa shape index (κ2) is 4.73. The maximum atomic E-state index is 4.64. The Morgan fingerprint density at radius 2 is 2.06 bits per heavy atom. The number of hydrogen-bond acceptors (Lipinski definition) is 3. The van der Waals surface area contributed by atoms with E-state index in [1.165, 1.54) is 0 Å². The van der Waals surface area contributed by atoms with Gasteiger partial charge in [-0.2, -0.15) is 0 Å². The van der Waals surface area contributed by atoms with E-state index in [-0.39, 0.29) is 0 Å². The average molecular weight is 232 g/mol. The lowest BCUT2D eigenvalue weighted by Gasteiger charge is -2.14. The normalized spacial score (nSPS) is 11.4. The van der Waals surface area contributed by atoms with Crippen molar-refractivity contribution < 1.29 is 0 Å². The van der Waals surface area contributed by atoms with Gasteiger partial charge in [-0.3, -0.25) is 0 Å². The number of aromatic amines is 1.